The summed E-state index contributed by atoms with van der Waals surface area (Å²) >= 11 is 7.77. The molecule has 0 aliphatic carbocycles. The molecule has 0 amide bonds. The molecule has 2 aromatic rings. The number of halogens is 1. The second kappa shape index (κ2) is 5.67. The van der Waals surface area contributed by atoms with Gasteiger partial charge in [-0.15, -0.1) is 0 Å². The number of benzene rings is 1. The van der Waals surface area contributed by atoms with Crippen molar-refractivity contribution in [2.75, 3.05) is 7.05 Å². The maximum atomic E-state index is 6.01. The molecule has 0 aliphatic rings. The van der Waals surface area contributed by atoms with Crippen molar-refractivity contribution < 1.29 is 0 Å². The van der Waals surface area contributed by atoms with Crippen LogP contribution in [0.2, 0.25) is 5.02 Å². The van der Waals surface area contributed by atoms with E-state index in [0.29, 0.717) is 6.04 Å². The monoisotopic (exact) mass is 265 g/mol. The van der Waals surface area contributed by atoms with Gasteiger partial charge in [-0.2, -0.15) is 11.3 Å². The van der Waals surface area contributed by atoms with E-state index in [2.05, 4.69) is 29.1 Å². The van der Waals surface area contributed by atoms with E-state index in [1.165, 1.54) is 16.7 Å². The summed E-state index contributed by atoms with van der Waals surface area (Å²) in [5, 5.41) is 8.60. The molecule has 1 atom stereocenters. The van der Waals surface area contributed by atoms with E-state index in [1.54, 1.807) is 11.3 Å². The number of likely N-dealkylation sites (N-methyl/N-ethyl adjacent to an activating group) is 1. The molecule has 0 spiro atoms. The maximum absolute atomic E-state index is 6.01. The van der Waals surface area contributed by atoms with Crippen molar-refractivity contribution in [1.29, 1.82) is 0 Å². The van der Waals surface area contributed by atoms with Gasteiger partial charge in [0.2, 0.25) is 0 Å². The first-order valence-electron chi connectivity index (χ1n) is 5.65. The number of thiophene rings is 1. The Hall–Kier alpha value is -0.830. The Labute approximate surface area is 111 Å². The lowest BCUT2D eigenvalue weighted by Crippen LogP contribution is -2.19. The molecule has 17 heavy (non-hydrogen) atoms. The SMILES string of the molecule is CNC(Cc1cccc(Cl)c1)c1cscc1C. The first kappa shape index (κ1) is 12.6. The van der Waals surface area contributed by atoms with Crippen molar-refractivity contribution in [1.82, 2.24) is 5.32 Å². The second-order valence-corrected chi connectivity index (χ2v) is 5.37. The van der Waals surface area contributed by atoms with E-state index in [-0.39, 0.29) is 0 Å². The van der Waals surface area contributed by atoms with Gasteiger partial charge >= 0.3 is 0 Å². The summed E-state index contributed by atoms with van der Waals surface area (Å²) in [6.07, 6.45) is 0.967. The topological polar surface area (TPSA) is 12.0 Å². The Balaban J connectivity index is 2.19. The fourth-order valence-electron chi connectivity index (χ4n) is 1.99. The predicted molar refractivity (Wildman–Crippen MR) is 76.0 cm³/mol. The van der Waals surface area contributed by atoms with Crippen LogP contribution in [0.4, 0.5) is 0 Å². The minimum absolute atomic E-state index is 0.361. The van der Waals surface area contributed by atoms with E-state index in [1.807, 2.05) is 25.2 Å². The Bertz CT molecular complexity index is 492. The van der Waals surface area contributed by atoms with E-state index < -0.39 is 0 Å². The molecule has 1 N–H and O–H groups in total. The third-order valence-electron chi connectivity index (χ3n) is 2.95. The average Bonchev–Trinajstić information content (AvgIpc) is 2.72. The van der Waals surface area contributed by atoms with E-state index in [4.69, 9.17) is 11.6 Å². The van der Waals surface area contributed by atoms with Crippen LogP contribution in [0.25, 0.3) is 0 Å². The van der Waals surface area contributed by atoms with Crippen LogP contribution in [-0.2, 0) is 6.42 Å². The van der Waals surface area contributed by atoms with Crippen LogP contribution in [0.15, 0.2) is 35.0 Å². The number of aryl methyl sites for hydroxylation is 1. The van der Waals surface area contributed by atoms with Gasteiger partial charge in [0.05, 0.1) is 0 Å². The third kappa shape index (κ3) is 3.09. The molecule has 1 aromatic heterocycles. The normalized spacial score (nSPS) is 12.6. The fourth-order valence-corrected chi connectivity index (χ4v) is 3.11. The molecule has 0 saturated heterocycles. The van der Waals surface area contributed by atoms with Gasteiger partial charge in [0.15, 0.2) is 0 Å². The zero-order valence-corrected chi connectivity index (χ0v) is 11.6. The second-order valence-electron chi connectivity index (χ2n) is 4.19. The van der Waals surface area contributed by atoms with Crippen LogP contribution >= 0.6 is 22.9 Å². The van der Waals surface area contributed by atoms with Gasteiger partial charge in [-0.25, -0.2) is 0 Å². The van der Waals surface area contributed by atoms with Gasteiger partial charge in [0, 0.05) is 11.1 Å². The molecular formula is C14H16ClNS. The number of nitrogens with one attached hydrogen (secondary N) is 1. The van der Waals surface area contributed by atoms with Crippen molar-refractivity contribution in [3.63, 3.8) is 0 Å². The molecule has 0 bridgehead atoms. The zero-order valence-electron chi connectivity index (χ0n) is 10.0. The maximum Gasteiger partial charge on any atom is 0.0408 e. The van der Waals surface area contributed by atoms with Crippen molar-refractivity contribution >= 4 is 22.9 Å². The molecular weight excluding hydrogens is 250 g/mol. The van der Waals surface area contributed by atoms with Crippen molar-refractivity contribution in [3.05, 3.63) is 56.7 Å². The minimum Gasteiger partial charge on any atom is -0.313 e. The molecule has 0 saturated carbocycles. The highest BCUT2D eigenvalue weighted by molar-refractivity contribution is 7.08. The van der Waals surface area contributed by atoms with E-state index in [0.717, 1.165) is 11.4 Å². The smallest absolute Gasteiger partial charge is 0.0408 e. The molecule has 1 aromatic carbocycles. The standard InChI is InChI=1S/C14H16ClNS/c1-10-8-17-9-13(10)14(16-2)7-11-4-3-5-12(15)6-11/h3-6,8-9,14,16H,7H2,1-2H3. The fraction of sp³-hybridized carbons (Fsp3) is 0.286. The minimum atomic E-state index is 0.361. The van der Waals surface area contributed by atoms with Crippen LogP contribution in [0.5, 0.6) is 0 Å². The molecule has 0 aliphatic heterocycles. The largest absolute Gasteiger partial charge is 0.313 e. The Morgan fingerprint density at radius 2 is 2.18 bits per heavy atom. The van der Waals surface area contributed by atoms with E-state index >= 15 is 0 Å². The van der Waals surface area contributed by atoms with Crippen molar-refractivity contribution in [2.45, 2.75) is 19.4 Å². The molecule has 90 valence electrons. The Kier molecular flexibility index (Phi) is 4.21. The Morgan fingerprint density at radius 1 is 1.35 bits per heavy atom. The van der Waals surface area contributed by atoms with Crippen LogP contribution in [0.1, 0.15) is 22.7 Å². The van der Waals surface area contributed by atoms with Gasteiger partial charge in [0.25, 0.3) is 0 Å². The Morgan fingerprint density at radius 3 is 2.76 bits per heavy atom. The lowest BCUT2D eigenvalue weighted by Gasteiger charge is -2.16. The highest BCUT2D eigenvalue weighted by atomic mass is 35.5. The number of hydrogen-bond donors (Lipinski definition) is 1. The number of rotatable bonds is 4. The summed E-state index contributed by atoms with van der Waals surface area (Å²) in [6, 6.07) is 8.44. The lowest BCUT2D eigenvalue weighted by molar-refractivity contribution is 0.591. The molecule has 1 heterocycles. The van der Waals surface area contributed by atoms with Gasteiger partial charge in [-0.05, 0) is 60.0 Å². The van der Waals surface area contributed by atoms with Gasteiger partial charge < -0.3 is 5.32 Å². The van der Waals surface area contributed by atoms with Crippen LogP contribution in [0, 0.1) is 6.92 Å². The summed E-state index contributed by atoms with van der Waals surface area (Å²) in [4.78, 5) is 0. The summed E-state index contributed by atoms with van der Waals surface area (Å²) in [5.74, 6) is 0. The quantitative estimate of drug-likeness (QED) is 0.873. The van der Waals surface area contributed by atoms with Crippen LogP contribution in [-0.4, -0.2) is 7.05 Å². The molecule has 3 heteroatoms. The molecule has 2 rings (SSSR count). The molecule has 1 unspecified atom stereocenters. The van der Waals surface area contributed by atoms with Gasteiger partial charge in [0.1, 0.15) is 0 Å². The van der Waals surface area contributed by atoms with Gasteiger partial charge in [-0.3, -0.25) is 0 Å². The summed E-state index contributed by atoms with van der Waals surface area (Å²) in [6.45, 7) is 2.16. The highest BCUT2D eigenvalue weighted by Gasteiger charge is 2.13. The molecule has 1 nitrogen and oxygen atoms in total. The molecule has 0 fully saturated rings. The van der Waals surface area contributed by atoms with Crippen molar-refractivity contribution in [2.24, 2.45) is 0 Å². The molecule has 0 radical (unpaired) electrons. The summed E-state index contributed by atoms with van der Waals surface area (Å²) in [7, 11) is 2.01. The number of hydrogen-bond acceptors (Lipinski definition) is 2. The average molecular weight is 266 g/mol. The summed E-state index contributed by atoms with van der Waals surface area (Å²) in [5.41, 5.74) is 4.01. The van der Waals surface area contributed by atoms with Crippen molar-refractivity contribution in [3.8, 4) is 0 Å². The first-order chi connectivity index (χ1) is 8.20. The van der Waals surface area contributed by atoms with Crippen LogP contribution < -0.4 is 5.32 Å². The summed E-state index contributed by atoms with van der Waals surface area (Å²) < 4.78 is 0. The highest BCUT2D eigenvalue weighted by Crippen LogP contribution is 2.25. The lowest BCUT2D eigenvalue weighted by atomic mass is 9.99. The van der Waals surface area contributed by atoms with Crippen LogP contribution in [0.3, 0.4) is 0 Å². The predicted octanol–water partition coefficient (Wildman–Crippen LogP) is 4.21. The van der Waals surface area contributed by atoms with E-state index in [9.17, 15) is 0 Å². The first-order valence-corrected chi connectivity index (χ1v) is 6.97. The third-order valence-corrected chi connectivity index (χ3v) is 4.06. The zero-order chi connectivity index (χ0) is 12.3. The van der Waals surface area contributed by atoms with Gasteiger partial charge in [-0.1, -0.05) is 23.7 Å².